The van der Waals surface area contributed by atoms with Gasteiger partial charge in [-0.25, -0.2) is 0 Å². The molecule has 1 aromatic rings. The van der Waals surface area contributed by atoms with E-state index in [-0.39, 0.29) is 12.4 Å². The van der Waals surface area contributed by atoms with Gasteiger partial charge >= 0.3 is 0 Å². The second-order valence-electron chi connectivity index (χ2n) is 2.91. The summed E-state index contributed by atoms with van der Waals surface area (Å²) in [7, 11) is 0. The summed E-state index contributed by atoms with van der Waals surface area (Å²) in [6.07, 6.45) is 6.05. The molecule has 0 aliphatic rings. The molecule has 1 rings (SSSR count). The van der Waals surface area contributed by atoms with Crippen LogP contribution in [0.15, 0.2) is 24.3 Å². The minimum absolute atomic E-state index is 0. The number of nitrogens with two attached hydrogens (primary N) is 1. The molecule has 0 spiro atoms. The summed E-state index contributed by atoms with van der Waals surface area (Å²) in [6.45, 7) is 1.69. The van der Waals surface area contributed by atoms with Crippen LogP contribution in [0.1, 0.15) is 5.56 Å². The van der Waals surface area contributed by atoms with Crippen molar-refractivity contribution in [3.8, 4) is 18.1 Å². The average molecular weight is 212 g/mol. The van der Waals surface area contributed by atoms with Crippen LogP contribution in [0.4, 0.5) is 0 Å². The Morgan fingerprint density at radius 1 is 1.43 bits per heavy atom. The fourth-order valence-corrected chi connectivity index (χ4v) is 1.17. The van der Waals surface area contributed by atoms with Crippen molar-refractivity contribution in [2.45, 2.75) is 6.42 Å². The van der Waals surface area contributed by atoms with Gasteiger partial charge in [-0.1, -0.05) is 12.1 Å². The predicted molar refractivity (Wildman–Crippen MR) is 52.3 cm³/mol. The molecule has 0 heterocycles. The van der Waals surface area contributed by atoms with Gasteiger partial charge in [-0.3, -0.25) is 0 Å². The lowest BCUT2D eigenvalue weighted by Gasteiger charge is -1.99. The van der Waals surface area contributed by atoms with Crippen LogP contribution in [-0.2, 0) is 6.42 Å². The van der Waals surface area contributed by atoms with Crippen molar-refractivity contribution in [2.24, 2.45) is 0 Å². The quantitative estimate of drug-likeness (QED) is 0.408. The largest absolute Gasteiger partial charge is 1.00 e. The van der Waals surface area contributed by atoms with E-state index in [4.69, 9.17) is 6.42 Å². The molecule has 14 heavy (non-hydrogen) atoms. The number of halogens is 1. The van der Waals surface area contributed by atoms with Crippen LogP contribution in [0.25, 0.3) is 0 Å². The molecule has 2 nitrogen and oxygen atoms in total. The Morgan fingerprint density at radius 2 is 2.21 bits per heavy atom. The number of terminal acetylenes is 1. The predicted octanol–water partition coefficient (Wildman–Crippen LogP) is -2.86. The maximum absolute atomic E-state index is 9.17. The number of rotatable bonds is 4. The van der Waals surface area contributed by atoms with E-state index >= 15 is 0 Å². The Bertz CT molecular complexity index is 306. The van der Waals surface area contributed by atoms with E-state index in [2.05, 4.69) is 11.2 Å². The van der Waals surface area contributed by atoms with Gasteiger partial charge < -0.3 is 22.8 Å². The number of benzene rings is 1. The van der Waals surface area contributed by atoms with Gasteiger partial charge in [0, 0.05) is 6.42 Å². The lowest BCUT2D eigenvalue weighted by Crippen LogP contribution is -3.00. The molecule has 0 unspecified atom stereocenters. The molecule has 0 saturated carbocycles. The lowest BCUT2D eigenvalue weighted by atomic mass is 10.1. The molecule has 0 atom stereocenters. The fraction of sp³-hybridized carbons (Fsp3) is 0.273. The monoisotopic (exact) mass is 211 g/mol. The third-order valence-electron chi connectivity index (χ3n) is 1.81. The first-order valence-electron chi connectivity index (χ1n) is 4.36. The first kappa shape index (κ1) is 12.8. The van der Waals surface area contributed by atoms with Gasteiger partial charge in [-0.05, 0) is 23.6 Å². The van der Waals surface area contributed by atoms with Gasteiger partial charge in [0.2, 0.25) is 0 Å². The first-order valence-corrected chi connectivity index (χ1v) is 4.36. The van der Waals surface area contributed by atoms with Gasteiger partial charge in [0.1, 0.15) is 12.3 Å². The second-order valence-corrected chi connectivity index (χ2v) is 2.91. The number of quaternary nitrogens is 1. The number of aromatic hydroxyl groups is 1. The molecule has 0 amide bonds. The van der Waals surface area contributed by atoms with Crippen molar-refractivity contribution in [2.75, 3.05) is 13.1 Å². The van der Waals surface area contributed by atoms with Crippen molar-refractivity contribution >= 4 is 0 Å². The summed E-state index contributed by atoms with van der Waals surface area (Å²) >= 11 is 0. The average Bonchev–Trinajstić information content (AvgIpc) is 2.13. The van der Waals surface area contributed by atoms with E-state index < -0.39 is 0 Å². The van der Waals surface area contributed by atoms with Crippen LogP contribution in [0, 0.1) is 12.3 Å². The van der Waals surface area contributed by atoms with Crippen molar-refractivity contribution < 1.29 is 22.8 Å². The van der Waals surface area contributed by atoms with E-state index in [9.17, 15) is 5.11 Å². The van der Waals surface area contributed by atoms with Crippen molar-refractivity contribution in [3.05, 3.63) is 29.8 Å². The number of hydrogen-bond acceptors (Lipinski definition) is 1. The van der Waals surface area contributed by atoms with E-state index in [0.29, 0.717) is 5.75 Å². The van der Waals surface area contributed by atoms with Crippen LogP contribution >= 0.6 is 0 Å². The summed E-state index contributed by atoms with van der Waals surface area (Å²) in [4.78, 5) is 0. The molecule has 1 aromatic carbocycles. The fourth-order valence-electron chi connectivity index (χ4n) is 1.17. The summed E-state index contributed by atoms with van der Waals surface area (Å²) in [5.41, 5.74) is 1.15. The normalized spacial score (nSPS) is 8.79. The maximum atomic E-state index is 9.17. The highest BCUT2D eigenvalue weighted by molar-refractivity contribution is 5.27. The molecule has 0 radical (unpaired) electrons. The highest BCUT2D eigenvalue weighted by Crippen LogP contribution is 2.10. The highest BCUT2D eigenvalue weighted by Gasteiger charge is 1.95. The van der Waals surface area contributed by atoms with Gasteiger partial charge in [0.15, 0.2) is 0 Å². The molecule has 3 N–H and O–H groups in total. The van der Waals surface area contributed by atoms with E-state index in [1.165, 1.54) is 0 Å². The van der Waals surface area contributed by atoms with E-state index in [0.717, 1.165) is 25.1 Å². The Labute approximate surface area is 90.8 Å². The Morgan fingerprint density at radius 3 is 2.86 bits per heavy atom. The zero-order valence-corrected chi connectivity index (χ0v) is 8.67. The minimum atomic E-state index is 0. The summed E-state index contributed by atoms with van der Waals surface area (Å²) in [6, 6.07) is 7.31. The third-order valence-corrected chi connectivity index (χ3v) is 1.81. The molecule has 0 aliphatic carbocycles. The zero-order chi connectivity index (χ0) is 9.52. The number of phenols is 1. The van der Waals surface area contributed by atoms with E-state index in [1.54, 1.807) is 12.1 Å². The molecule has 0 aromatic heterocycles. The molecule has 0 fully saturated rings. The summed E-state index contributed by atoms with van der Waals surface area (Å²) in [5, 5.41) is 11.2. The molecule has 76 valence electrons. The maximum Gasteiger partial charge on any atom is 0.137 e. The highest BCUT2D eigenvalue weighted by atomic mass is 35.5. The third kappa shape index (κ3) is 4.76. The minimum Gasteiger partial charge on any atom is -1.00 e. The summed E-state index contributed by atoms with van der Waals surface area (Å²) < 4.78 is 0. The smallest absolute Gasteiger partial charge is 0.137 e. The van der Waals surface area contributed by atoms with Crippen LogP contribution in [-0.4, -0.2) is 18.2 Å². The van der Waals surface area contributed by atoms with Crippen LogP contribution in [0.3, 0.4) is 0 Å². The van der Waals surface area contributed by atoms with Crippen LogP contribution in [0.5, 0.6) is 5.75 Å². The van der Waals surface area contributed by atoms with Gasteiger partial charge in [0.05, 0.1) is 6.54 Å². The van der Waals surface area contributed by atoms with Gasteiger partial charge in [-0.15, -0.1) is 6.42 Å². The molecule has 3 heteroatoms. The Hall–Kier alpha value is -1.17. The lowest BCUT2D eigenvalue weighted by molar-refractivity contribution is -0.643. The van der Waals surface area contributed by atoms with Crippen LogP contribution < -0.4 is 17.7 Å². The number of phenolic OH excluding ortho intramolecular Hbond substituents is 1. The molecule has 0 saturated heterocycles. The SMILES string of the molecule is C#CC[NH2+]CCc1cccc(O)c1.[Cl-]. The van der Waals surface area contributed by atoms with E-state index in [1.807, 2.05) is 12.1 Å². The van der Waals surface area contributed by atoms with Crippen molar-refractivity contribution in [1.82, 2.24) is 0 Å². The van der Waals surface area contributed by atoms with Gasteiger partial charge in [-0.2, -0.15) is 0 Å². The molecule has 0 bridgehead atoms. The standard InChI is InChI=1S/C11H13NO.ClH/c1-2-7-12-8-6-10-4-3-5-11(13)9-10;/h1,3-5,9,12-13H,6-8H2;1H. The Kier molecular flexibility index (Phi) is 6.65. The molecular weight excluding hydrogens is 198 g/mol. The van der Waals surface area contributed by atoms with Crippen molar-refractivity contribution in [1.29, 1.82) is 0 Å². The first-order chi connectivity index (χ1) is 6.33. The van der Waals surface area contributed by atoms with Crippen LogP contribution in [0.2, 0.25) is 0 Å². The topological polar surface area (TPSA) is 36.8 Å². The summed E-state index contributed by atoms with van der Waals surface area (Å²) in [5.74, 6) is 2.89. The van der Waals surface area contributed by atoms with Crippen molar-refractivity contribution in [3.63, 3.8) is 0 Å². The second kappa shape index (κ2) is 7.25. The Balaban J connectivity index is 0.00000169. The van der Waals surface area contributed by atoms with Gasteiger partial charge in [0.25, 0.3) is 0 Å². The molecular formula is C11H14ClNO. The zero-order valence-electron chi connectivity index (χ0n) is 7.91. The molecule has 0 aliphatic heterocycles. The number of hydrogen-bond donors (Lipinski definition) is 2.